The van der Waals surface area contributed by atoms with E-state index >= 15 is 0 Å². The van der Waals surface area contributed by atoms with Crippen LogP contribution in [0.4, 0.5) is 14.5 Å². The number of carbonyl (C=O) groups is 1. The molecule has 1 fully saturated rings. The van der Waals surface area contributed by atoms with Gasteiger partial charge in [-0.3, -0.25) is 4.79 Å². The SMILES string of the molecule is O=C(N[C@H]1CCN(c2c(F)cccc2F)C1)c1cccc(-n2ccnn2)c1. The standard InChI is InChI=1S/C19H17F2N5O/c20-16-5-2-6-17(21)18(16)25-9-7-14(12-25)23-19(27)13-3-1-4-15(11-13)26-10-8-22-24-26/h1-6,8,10-11,14H,7,9,12H2,(H,23,27)/t14-/m0/s1. The molecule has 0 bridgehead atoms. The Labute approximate surface area is 154 Å². The highest BCUT2D eigenvalue weighted by atomic mass is 19.1. The number of rotatable bonds is 4. The molecule has 138 valence electrons. The van der Waals surface area contributed by atoms with E-state index in [0.29, 0.717) is 25.1 Å². The molecule has 1 N–H and O–H groups in total. The quantitative estimate of drug-likeness (QED) is 0.768. The zero-order valence-electron chi connectivity index (χ0n) is 14.3. The minimum Gasteiger partial charge on any atom is -0.365 e. The minimum absolute atomic E-state index is 0.0394. The summed E-state index contributed by atoms with van der Waals surface area (Å²) in [5.74, 6) is -1.43. The molecule has 1 aliphatic rings. The van der Waals surface area contributed by atoms with E-state index in [2.05, 4.69) is 15.6 Å². The van der Waals surface area contributed by atoms with Crippen LogP contribution >= 0.6 is 0 Å². The third kappa shape index (κ3) is 3.51. The van der Waals surface area contributed by atoms with Gasteiger partial charge in [-0.05, 0) is 36.8 Å². The van der Waals surface area contributed by atoms with Crippen molar-refractivity contribution < 1.29 is 13.6 Å². The number of hydrogen-bond donors (Lipinski definition) is 1. The van der Waals surface area contributed by atoms with Crippen molar-refractivity contribution in [2.45, 2.75) is 12.5 Å². The van der Waals surface area contributed by atoms with Crippen LogP contribution in [0, 0.1) is 11.6 Å². The molecule has 1 atom stereocenters. The number of hydrogen-bond acceptors (Lipinski definition) is 4. The van der Waals surface area contributed by atoms with E-state index in [9.17, 15) is 13.6 Å². The Morgan fingerprint density at radius 1 is 1.15 bits per heavy atom. The molecule has 1 aliphatic heterocycles. The number of halogens is 2. The smallest absolute Gasteiger partial charge is 0.251 e. The van der Waals surface area contributed by atoms with Crippen LogP contribution in [-0.4, -0.2) is 40.0 Å². The average molecular weight is 369 g/mol. The Hall–Kier alpha value is -3.29. The second kappa shape index (κ2) is 7.14. The van der Waals surface area contributed by atoms with Gasteiger partial charge in [-0.2, -0.15) is 0 Å². The maximum Gasteiger partial charge on any atom is 0.251 e. The van der Waals surface area contributed by atoms with Crippen molar-refractivity contribution in [3.05, 3.63) is 72.1 Å². The topological polar surface area (TPSA) is 63.1 Å². The summed E-state index contributed by atoms with van der Waals surface area (Å²) in [5, 5.41) is 10.6. The first-order chi connectivity index (χ1) is 13.1. The van der Waals surface area contributed by atoms with E-state index in [-0.39, 0.29) is 17.6 Å². The number of carbonyl (C=O) groups excluding carboxylic acids is 1. The summed E-state index contributed by atoms with van der Waals surface area (Å²) in [6.07, 6.45) is 3.86. The van der Waals surface area contributed by atoms with Gasteiger partial charge >= 0.3 is 0 Å². The number of aromatic nitrogens is 3. The molecular weight excluding hydrogens is 352 g/mol. The lowest BCUT2D eigenvalue weighted by Crippen LogP contribution is -2.37. The molecule has 1 amide bonds. The molecule has 2 heterocycles. The first kappa shape index (κ1) is 17.1. The Morgan fingerprint density at radius 3 is 2.67 bits per heavy atom. The van der Waals surface area contributed by atoms with Gasteiger partial charge < -0.3 is 10.2 Å². The van der Waals surface area contributed by atoms with Crippen LogP contribution in [0.3, 0.4) is 0 Å². The summed E-state index contributed by atoms with van der Waals surface area (Å²) in [6, 6.07) is 10.6. The van der Waals surface area contributed by atoms with Gasteiger partial charge in [0.15, 0.2) is 0 Å². The van der Waals surface area contributed by atoms with Crippen molar-refractivity contribution in [1.29, 1.82) is 0 Å². The fraction of sp³-hybridized carbons (Fsp3) is 0.211. The lowest BCUT2D eigenvalue weighted by Gasteiger charge is -2.20. The van der Waals surface area contributed by atoms with Crippen molar-refractivity contribution >= 4 is 11.6 Å². The van der Waals surface area contributed by atoms with Gasteiger partial charge in [0.05, 0.1) is 18.1 Å². The summed E-state index contributed by atoms with van der Waals surface area (Å²) >= 11 is 0. The maximum absolute atomic E-state index is 14.0. The lowest BCUT2D eigenvalue weighted by atomic mass is 10.1. The monoisotopic (exact) mass is 369 g/mol. The van der Waals surface area contributed by atoms with E-state index in [1.807, 2.05) is 6.07 Å². The van der Waals surface area contributed by atoms with Crippen molar-refractivity contribution in [2.75, 3.05) is 18.0 Å². The van der Waals surface area contributed by atoms with Crippen molar-refractivity contribution in [1.82, 2.24) is 20.3 Å². The molecular formula is C19H17F2N5O. The Morgan fingerprint density at radius 2 is 1.93 bits per heavy atom. The van der Waals surface area contributed by atoms with Gasteiger partial charge in [-0.1, -0.05) is 17.3 Å². The van der Waals surface area contributed by atoms with Crippen LogP contribution in [0.5, 0.6) is 0 Å². The second-order valence-corrected chi connectivity index (χ2v) is 6.37. The maximum atomic E-state index is 14.0. The molecule has 2 aromatic carbocycles. The predicted molar refractivity (Wildman–Crippen MR) is 95.8 cm³/mol. The molecule has 0 spiro atoms. The van der Waals surface area contributed by atoms with E-state index in [1.54, 1.807) is 40.2 Å². The Bertz CT molecular complexity index is 940. The molecule has 27 heavy (non-hydrogen) atoms. The summed E-state index contributed by atoms with van der Waals surface area (Å²) in [4.78, 5) is 14.2. The number of para-hydroxylation sites is 1. The van der Waals surface area contributed by atoms with Crippen molar-refractivity contribution in [2.24, 2.45) is 0 Å². The van der Waals surface area contributed by atoms with Crippen LogP contribution in [0.2, 0.25) is 0 Å². The number of amides is 1. The molecule has 1 saturated heterocycles. The normalized spacial score (nSPS) is 16.5. The molecule has 0 aliphatic carbocycles. The highest BCUT2D eigenvalue weighted by Gasteiger charge is 2.28. The third-order valence-corrected chi connectivity index (χ3v) is 4.57. The van der Waals surface area contributed by atoms with Gasteiger partial charge in [0, 0.05) is 24.7 Å². The fourth-order valence-corrected chi connectivity index (χ4v) is 3.28. The first-order valence-electron chi connectivity index (χ1n) is 8.58. The Balaban J connectivity index is 1.45. The van der Waals surface area contributed by atoms with Gasteiger partial charge in [0.1, 0.15) is 17.3 Å². The zero-order valence-corrected chi connectivity index (χ0v) is 14.3. The van der Waals surface area contributed by atoms with Crippen LogP contribution in [0.15, 0.2) is 54.9 Å². The second-order valence-electron chi connectivity index (χ2n) is 6.37. The fourth-order valence-electron chi connectivity index (χ4n) is 3.28. The lowest BCUT2D eigenvalue weighted by molar-refractivity contribution is 0.0940. The molecule has 0 unspecified atom stereocenters. The summed E-state index contributed by atoms with van der Waals surface area (Å²) in [7, 11) is 0. The van der Waals surface area contributed by atoms with Crippen LogP contribution < -0.4 is 10.2 Å². The van der Waals surface area contributed by atoms with Gasteiger partial charge in [-0.15, -0.1) is 5.10 Å². The highest BCUT2D eigenvalue weighted by molar-refractivity contribution is 5.95. The van der Waals surface area contributed by atoms with Crippen LogP contribution in [0.25, 0.3) is 5.69 Å². The molecule has 6 nitrogen and oxygen atoms in total. The predicted octanol–water partition coefficient (Wildman–Crippen LogP) is 2.55. The van der Waals surface area contributed by atoms with Gasteiger partial charge in [0.25, 0.3) is 5.91 Å². The molecule has 4 rings (SSSR count). The summed E-state index contributed by atoms with van der Waals surface area (Å²) in [6.45, 7) is 0.828. The molecule has 3 aromatic rings. The number of nitrogens with one attached hydrogen (secondary N) is 1. The molecule has 0 saturated carbocycles. The van der Waals surface area contributed by atoms with Crippen LogP contribution in [-0.2, 0) is 0 Å². The number of nitrogens with zero attached hydrogens (tertiary/aromatic N) is 4. The Kier molecular flexibility index (Phi) is 4.53. The molecule has 1 aromatic heterocycles. The minimum atomic E-state index is -0.595. The average Bonchev–Trinajstić information content (AvgIpc) is 3.34. The summed E-state index contributed by atoms with van der Waals surface area (Å²) < 4.78 is 29.5. The van der Waals surface area contributed by atoms with Crippen molar-refractivity contribution in [3.63, 3.8) is 0 Å². The highest BCUT2D eigenvalue weighted by Crippen LogP contribution is 2.26. The number of benzene rings is 2. The van der Waals surface area contributed by atoms with E-state index < -0.39 is 11.6 Å². The molecule has 8 heteroatoms. The number of anilines is 1. The summed E-state index contributed by atoms with van der Waals surface area (Å²) in [5.41, 5.74) is 1.17. The molecule has 0 radical (unpaired) electrons. The largest absolute Gasteiger partial charge is 0.365 e. The third-order valence-electron chi connectivity index (χ3n) is 4.57. The van der Waals surface area contributed by atoms with Gasteiger partial charge in [-0.25, -0.2) is 13.5 Å². The first-order valence-corrected chi connectivity index (χ1v) is 8.58. The van der Waals surface area contributed by atoms with E-state index in [1.165, 1.54) is 18.2 Å². The zero-order chi connectivity index (χ0) is 18.8. The van der Waals surface area contributed by atoms with Crippen LogP contribution in [0.1, 0.15) is 16.8 Å². The van der Waals surface area contributed by atoms with E-state index in [4.69, 9.17) is 0 Å². The van der Waals surface area contributed by atoms with Gasteiger partial charge in [0.2, 0.25) is 0 Å². The van der Waals surface area contributed by atoms with Crippen molar-refractivity contribution in [3.8, 4) is 5.69 Å². The van der Waals surface area contributed by atoms with E-state index in [0.717, 1.165) is 5.69 Å².